The number of amides is 1. The van der Waals surface area contributed by atoms with E-state index in [0.29, 0.717) is 0 Å². The smallest absolute Gasteiger partial charge is 0.241 e. The summed E-state index contributed by atoms with van der Waals surface area (Å²) in [5.41, 5.74) is 2.45. The zero-order valence-corrected chi connectivity index (χ0v) is 12.4. The first kappa shape index (κ1) is 13.6. The Morgan fingerprint density at radius 2 is 1.95 bits per heavy atom. The Hall–Kier alpha value is -1.35. The number of hydrogen-bond acceptors (Lipinski definition) is 2. The zero-order chi connectivity index (χ0) is 14.1. The third-order valence-electron chi connectivity index (χ3n) is 4.77. The second kappa shape index (κ2) is 5.57. The van der Waals surface area contributed by atoms with Gasteiger partial charge in [0.05, 0.1) is 6.04 Å². The van der Waals surface area contributed by atoms with Crippen molar-refractivity contribution in [2.45, 2.75) is 51.7 Å². The van der Waals surface area contributed by atoms with E-state index >= 15 is 0 Å². The number of rotatable bonds is 4. The molecule has 3 rings (SSSR count). The van der Waals surface area contributed by atoms with Crippen LogP contribution in [-0.4, -0.2) is 23.4 Å². The maximum absolute atomic E-state index is 12.3. The zero-order valence-electron chi connectivity index (χ0n) is 12.4. The number of carbonyl (C=O) groups is 1. The fraction of sp³-hybridized carbons (Fsp3) is 0.588. The van der Waals surface area contributed by atoms with E-state index in [2.05, 4.69) is 36.5 Å². The molecule has 1 aromatic rings. The molecule has 1 aliphatic carbocycles. The van der Waals surface area contributed by atoms with Gasteiger partial charge in [-0.2, -0.15) is 0 Å². The quantitative estimate of drug-likeness (QED) is 0.914. The highest BCUT2D eigenvalue weighted by atomic mass is 16.2. The summed E-state index contributed by atoms with van der Waals surface area (Å²) < 4.78 is 0. The molecule has 1 saturated carbocycles. The Morgan fingerprint density at radius 1 is 1.25 bits per heavy atom. The number of aryl methyl sites for hydroxylation is 1. The van der Waals surface area contributed by atoms with E-state index in [-0.39, 0.29) is 18.1 Å². The van der Waals surface area contributed by atoms with Gasteiger partial charge in [-0.15, -0.1) is 0 Å². The van der Waals surface area contributed by atoms with Crippen molar-refractivity contribution in [1.82, 2.24) is 10.2 Å². The van der Waals surface area contributed by atoms with Gasteiger partial charge in [-0.25, -0.2) is 0 Å². The van der Waals surface area contributed by atoms with Gasteiger partial charge in [0.25, 0.3) is 0 Å². The summed E-state index contributed by atoms with van der Waals surface area (Å²) in [4.78, 5) is 14.4. The topological polar surface area (TPSA) is 32.3 Å². The van der Waals surface area contributed by atoms with Crippen LogP contribution in [0.5, 0.6) is 0 Å². The molecule has 0 spiro atoms. The van der Waals surface area contributed by atoms with Crippen LogP contribution in [0.25, 0.3) is 0 Å². The average Bonchev–Trinajstić information content (AvgIpc) is 2.66. The van der Waals surface area contributed by atoms with E-state index in [4.69, 9.17) is 0 Å². The minimum absolute atomic E-state index is 0.0539. The largest absolute Gasteiger partial charge is 0.322 e. The molecular weight excluding hydrogens is 248 g/mol. The van der Waals surface area contributed by atoms with Crippen molar-refractivity contribution in [3.8, 4) is 0 Å². The van der Waals surface area contributed by atoms with Gasteiger partial charge < -0.3 is 4.90 Å². The summed E-state index contributed by atoms with van der Waals surface area (Å²) in [5.74, 6) is 1.09. The van der Waals surface area contributed by atoms with Gasteiger partial charge in [-0.05, 0) is 31.7 Å². The summed E-state index contributed by atoms with van der Waals surface area (Å²) in [6.07, 6.45) is 5.27. The van der Waals surface area contributed by atoms with E-state index in [0.717, 1.165) is 18.9 Å². The molecule has 1 amide bonds. The molecule has 2 unspecified atom stereocenters. The lowest BCUT2D eigenvalue weighted by Gasteiger charge is -2.30. The number of carbonyl (C=O) groups excluding carboxylic acids is 1. The van der Waals surface area contributed by atoms with Crippen LogP contribution < -0.4 is 5.32 Å². The van der Waals surface area contributed by atoms with Crippen LogP contribution in [0.4, 0.5) is 0 Å². The highest BCUT2D eigenvalue weighted by Gasteiger charge is 2.37. The highest BCUT2D eigenvalue weighted by Crippen LogP contribution is 2.32. The lowest BCUT2D eigenvalue weighted by molar-refractivity contribution is -0.130. The average molecular weight is 272 g/mol. The van der Waals surface area contributed by atoms with Crippen molar-refractivity contribution < 1.29 is 4.79 Å². The molecule has 1 heterocycles. The van der Waals surface area contributed by atoms with Crippen molar-refractivity contribution >= 4 is 5.91 Å². The molecule has 1 aliphatic heterocycles. The van der Waals surface area contributed by atoms with Crippen LogP contribution >= 0.6 is 0 Å². The molecule has 108 valence electrons. The number of benzene rings is 1. The van der Waals surface area contributed by atoms with Crippen LogP contribution in [-0.2, 0) is 4.79 Å². The first-order chi connectivity index (χ1) is 9.65. The molecule has 3 nitrogen and oxygen atoms in total. The maximum atomic E-state index is 12.3. The second-order valence-electron chi connectivity index (χ2n) is 6.32. The van der Waals surface area contributed by atoms with Crippen LogP contribution in [0.15, 0.2) is 24.3 Å². The van der Waals surface area contributed by atoms with Crippen LogP contribution in [0.1, 0.15) is 49.9 Å². The Bertz CT molecular complexity index is 478. The monoisotopic (exact) mass is 272 g/mol. The minimum atomic E-state index is -0.0670. The van der Waals surface area contributed by atoms with Crippen molar-refractivity contribution in [1.29, 1.82) is 0 Å². The second-order valence-corrected chi connectivity index (χ2v) is 6.32. The highest BCUT2D eigenvalue weighted by molar-refractivity contribution is 5.84. The lowest BCUT2D eigenvalue weighted by atomic mass is 9.83. The molecule has 1 N–H and O–H groups in total. The molecule has 1 saturated heterocycles. The van der Waals surface area contributed by atoms with E-state index in [1.807, 2.05) is 11.8 Å². The number of hydrogen-bond donors (Lipinski definition) is 1. The van der Waals surface area contributed by atoms with Gasteiger partial charge in [0, 0.05) is 6.54 Å². The predicted molar refractivity (Wildman–Crippen MR) is 80.2 cm³/mol. The summed E-state index contributed by atoms with van der Waals surface area (Å²) in [6, 6.07) is 8.44. The Labute approximate surface area is 121 Å². The fourth-order valence-corrected chi connectivity index (χ4v) is 3.14. The Kier molecular flexibility index (Phi) is 3.79. The molecule has 0 aromatic heterocycles. The first-order valence-corrected chi connectivity index (χ1v) is 7.78. The van der Waals surface area contributed by atoms with Crippen molar-refractivity contribution in [3.63, 3.8) is 0 Å². The molecular formula is C17H24N2O. The van der Waals surface area contributed by atoms with Gasteiger partial charge in [-0.3, -0.25) is 10.1 Å². The summed E-state index contributed by atoms with van der Waals surface area (Å²) >= 11 is 0. The summed E-state index contributed by atoms with van der Waals surface area (Å²) in [6.45, 7) is 4.94. The molecule has 2 atom stereocenters. The third kappa shape index (κ3) is 2.59. The molecule has 20 heavy (non-hydrogen) atoms. The third-order valence-corrected chi connectivity index (χ3v) is 4.77. The van der Waals surface area contributed by atoms with Crippen LogP contribution in [0.2, 0.25) is 0 Å². The van der Waals surface area contributed by atoms with Crippen LogP contribution in [0.3, 0.4) is 0 Å². The maximum Gasteiger partial charge on any atom is 0.241 e. The van der Waals surface area contributed by atoms with Gasteiger partial charge >= 0.3 is 0 Å². The SMILES string of the molecule is Cc1ccc(C2NC(C)C(=O)N2CCC2CCC2)cc1. The summed E-state index contributed by atoms with van der Waals surface area (Å²) in [7, 11) is 0. The molecule has 2 aliphatic rings. The number of nitrogens with one attached hydrogen (secondary N) is 1. The van der Waals surface area contributed by atoms with Crippen molar-refractivity contribution in [2.24, 2.45) is 5.92 Å². The molecule has 0 radical (unpaired) electrons. The van der Waals surface area contributed by atoms with E-state index in [1.165, 1.54) is 30.4 Å². The van der Waals surface area contributed by atoms with Gasteiger partial charge in [0.15, 0.2) is 0 Å². The van der Waals surface area contributed by atoms with E-state index in [9.17, 15) is 4.79 Å². The van der Waals surface area contributed by atoms with Crippen molar-refractivity contribution in [2.75, 3.05) is 6.54 Å². The molecule has 1 aromatic carbocycles. The standard InChI is InChI=1S/C17H24N2O/c1-12-6-8-15(9-7-12)16-18-13(2)17(20)19(16)11-10-14-4-3-5-14/h6-9,13-14,16,18H,3-5,10-11H2,1-2H3. The number of nitrogens with zero attached hydrogens (tertiary/aromatic N) is 1. The first-order valence-electron chi connectivity index (χ1n) is 7.78. The molecule has 3 heteroatoms. The normalized spacial score (nSPS) is 26.9. The lowest BCUT2D eigenvalue weighted by Crippen LogP contribution is -2.33. The Morgan fingerprint density at radius 3 is 2.55 bits per heavy atom. The predicted octanol–water partition coefficient (Wildman–Crippen LogP) is 3.00. The van der Waals surface area contributed by atoms with Crippen molar-refractivity contribution in [3.05, 3.63) is 35.4 Å². The van der Waals surface area contributed by atoms with Gasteiger partial charge in [-0.1, -0.05) is 49.1 Å². The van der Waals surface area contributed by atoms with E-state index < -0.39 is 0 Å². The van der Waals surface area contributed by atoms with Gasteiger partial charge in [0.2, 0.25) is 5.91 Å². The molecule has 2 fully saturated rings. The van der Waals surface area contributed by atoms with E-state index in [1.54, 1.807) is 0 Å². The molecule has 0 bridgehead atoms. The fourth-order valence-electron chi connectivity index (χ4n) is 3.14. The summed E-state index contributed by atoms with van der Waals surface area (Å²) in [5, 5.41) is 3.43. The minimum Gasteiger partial charge on any atom is -0.322 e. The van der Waals surface area contributed by atoms with Gasteiger partial charge in [0.1, 0.15) is 6.17 Å². The Balaban J connectivity index is 1.72. The van der Waals surface area contributed by atoms with Crippen LogP contribution in [0, 0.1) is 12.8 Å².